The molecule has 0 radical (unpaired) electrons. The fourth-order valence-electron chi connectivity index (χ4n) is 4.60. The lowest BCUT2D eigenvalue weighted by atomic mass is 9.65. The summed E-state index contributed by atoms with van der Waals surface area (Å²) in [6.45, 7) is 8.16. The number of nitrogens with zero attached hydrogens (tertiary/aromatic N) is 1. The van der Waals surface area contributed by atoms with E-state index in [1.807, 2.05) is 12.1 Å². The van der Waals surface area contributed by atoms with Crippen LogP contribution in [0.1, 0.15) is 52.2 Å². The van der Waals surface area contributed by atoms with Crippen molar-refractivity contribution in [3.63, 3.8) is 0 Å². The molecule has 116 valence electrons. The van der Waals surface area contributed by atoms with Crippen LogP contribution in [-0.4, -0.2) is 23.7 Å². The van der Waals surface area contributed by atoms with Gasteiger partial charge in [0.2, 0.25) is 0 Å². The van der Waals surface area contributed by atoms with E-state index in [1.54, 1.807) is 0 Å². The number of hydrogen-bond donors (Lipinski definition) is 1. The van der Waals surface area contributed by atoms with Gasteiger partial charge >= 0.3 is 5.97 Å². The molecule has 2 aliphatic rings. The lowest BCUT2D eigenvalue weighted by Gasteiger charge is -2.39. The third kappa shape index (κ3) is 2.94. The van der Waals surface area contributed by atoms with Crippen molar-refractivity contribution < 1.29 is 14.3 Å². The van der Waals surface area contributed by atoms with Gasteiger partial charge in [-0.3, -0.25) is 4.79 Å². The molecule has 1 N–H and O–H groups in total. The molecule has 4 nitrogen and oxygen atoms in total. The van der Waals surface area contributed by atoms with Crippen molar-refractivity contribution in [2.75, 3.05) is 11.4 Å². The molecule has 2 fully saturated rings. The highest BCUT2D eigenvalue weighted by Crippen LogP contribution is 2.53. The number of aryl methyl sites for hydroxylation is 1. The van der Waals surface area contributed by atoms with E-state index in [0.29, 0.717) is 23.3 Å². The van der Waals surface area contributed by atoms with Gasteiger partial charge in [0, 0.05) is 25.1 Å². The lowest BCUT2D eigenvalue weighted by molar-refractivity contribution is -0.137. The van der Waals surface area contributed by atoms with Crippen LogP contribution in [0.15, 0.2) is 16.5 Å². The number of carboxylic acid groups (broad SMARTS) is 1. The highest BCUT2D eigenvalue weighted by atomic mass is 16.4. The third-order valence-corrected chi connectivity index (χ3v) is 4.93. The van der Waals surface area contributed by atoms with Crippen LogP contribution in [0, 0.1) is 10.8 Å². The maximum Gasteiger partial charge on any atom is 0.303 e. The Balaban J connectivity index is 1.75. The minimum Gasteiger partial charge on any atom is -0.481 e. The fraction of sp³-hybridized carbons (Fsp3) is 0.706. The third-order valence-electron chi connectivity index (χ3n) is 4.93. The average molecular weight is 291 g/mol. The van der Waals surface area contributed by atoms with Gasteiger partial charge in [0.25, 0.3) is 0 Å². The summed E-state index contributed by atoms with van der Waals surface area (Å²) in [5.41, 5.74) is 0.769. The monoisotopic (exact) mass is 291 g/mol. The molecule has 4 heteroatoms. The summed E-state index contributed by atoms with van der Waals surface area (Å²) in [6, 6.07) is 4.49. The maximum atomic E-state index is 10.6. The normalized spacial score (nSPS) is 30.6. The Kier molecular flexibility index (Phi) is 3.30. The van der Waals surface area contributed by atoms with Gasteiger partial charge in [-0.2, -0.15) is 0 Å². The predicted molar refractivity (Wildman–Crippen MR) is 81.5 cm³/mol. The summed E-state index contributed by atoms with van der Waals surface area (Å²) < 4.78 is 5.90. The SMILES string of the molecule is CC1(C)CC2CC(C)(CN2c2ccc(CCC(=O)O)o2)C1. The summed E-state index contributed by atoms with van der Waals surface area (Å²) in [4.78, 5) is 13.0. The fourth-order valence-corrected chi connectivity index (χ4v) is 4.60. The van der Waals surface area contributed by atoms with Crippen LogP contribution < -0.4 is 4.90 Å². The number of carboxylic acids is 1. The molecule has 1 aliphatic carbocycles. The maximum absolute atomic E-state index is 10.6. The van der Waals surface area contributed by atoms with Crippen LogP contribution in [0.3, 0.4) is 0 Å². The van der Waals surface area contributed by atoms with Crippen LogP contribution >= 0.6 is 0 Å². The number of aliphatic carboxylic acids is 1. The molecule has 2 heterocycles. The Morgan fingerprint density at radius 3 is 2.86 bits per heavy atom. The number of furan rings is 1. The van der Waals surface area contributed by atoms with Gasteiger partial charge in [-0.25, -0.2) is 0 Å². The Hall–Kier alpha value is -1.45. The van der Waals surface area contributed by atoms with E-state index in [0.717, 1.165) is 18.2 Å². The number of fused-ring (bicyclic) bond motifs is 2. The molecule has 3 rings (SSSR count). The van der Waals surface area contributed by atoms with Crippen LogP contribution in [-0.2, 0) is 11.2 Å². The van der Waals surface area contributed by atoms with Gasteiger partial charge in [-0.1, -0.05) is 20.8 Å². The Morgan fingerprint density at radius 2 is 2.14 bits per heavy atom. The van der Waals surface area contributed by atoms with Crippen molar-refractivity contribution in [3.05, 3.63) is 17.9 Å². The van der Waals surface area contributed by atoms with Gasteiger partial charge in [-0.05, 0) is 36.2 Å². The molecule has 1 saturated heterocycles. The summed E-state index contributed by atoms with van der Waals surface area (Å²) in [5, 5.41) is 8.76. The molecule has 2 atom stereocenters. The number of rotatable bonds is 4. The van der Waals surface area contributed by atoms with Gasteiger partial charge in [0.1, 0.15) is 5.76 Å². The first-order valence-electron chi connectivity index (χ1n) is 7.84. The summed E-state index contributed by atoms with van der Waals surface area (Å²) in [7, 11) is 0. The van der Waals surface area contributed by atoms with E-state index in [-0.39, 0.29) is 6.42 Å². The molecule has 1 aliphatic heterocycles. The zero-order chi connectivity index (χ0) is 15.3. The Morgan fingerprint density at radius 1 is 1.38 bits per heavy atom. The number of hydrogen-bond acceptors (Lipinski definition) is 3. The van der Waals surface area contributed by atoms with Crippen molar-refractivity contribution >= 4 is 11.9 Å². The van der Waals surface area contributed by atoms with E-state index in [1.165, 1.54) is 19.3 Å². The molecule has 2 unspecified atom stereocenters. The topological polar surface area (TPSA) is 53.7 Å². The van der Waals surface area contributed by atoms with Crippen LogP contribution in [0.2, 0.25) is 0 Å². The van der Waals surface area contributed by atoms with Crippen LogP contribution in [0.4, 0.5) is 5.88 Å². The first-order chi connectivity index (χ1) is 9.76. The average Bonchev–Trinajstić information content (AvgIpc) is 2.87. The molecule has 0 aromatic carbocycles. The van der Waals surface area contributed by atoms with Crippen LogP contribution in [0.25, 0.3) is 0 Å². The van der Waals surface area contributed by atoms with E-state index >= 15 is 0 Å². The van der Waals surface area contributed by atoms with E-state index < -0.39 is 5.97 Å². The molecule has 2 bridgehead atoms. The van der Waals surface area contributed by atoms with E-state index in [9.17, 15) is 4.79 Å². The zero-order valence-electron chi connectivity index (χ0n) is 13.2. The highest BCUT2D eigenvalue weighted by Gasteiger charge is 2.50. The number of anilines is 1. The van der Waals surface area contributed by atoms with Crippen molar-refractivity contribution in [3.8, 4) is 0 Å². The van der Waals surface area contributed by atoms with Crippen molar-refractivity contribution in [2.45, 2.75) is 58.9 Å². The molecule has 21 heavy (non-hydrogen) atoms. The van der Waals surface area contributed by atoms with E-state index in [4.69, 9.17) is 9.52 Å². The highest BCUT2D eigenvalue weighted by molar-refractivity contribution is 5.67. The molecular formula is C17H25NO3. The van der Waals surface area contributed by atoms with Crippen molar-refractivity contribution in [2.24, 2.45) is 10.8 Å². The molecule has 1 saturated carbocycles. The van der Waals surface area contributed by atoms with Crippen molar-refractivity contribution in [1.29, 1.82) is 0 Å². The Bertz CT molecular complexity index is 548. The second-order valence-corrected chi connectivity index (χ2v) is 7.98. The Labute approximate surface area is 126 Å². The zero-order valence-corrected chi connectivity index (χ0v) is 13.2. The molecule has 1 aromatic rings. The largest absolute Gasteiger partial charge is 0.481 e. The molecule has 0 spiro atoms. The lowest BCUT2D eigenvalue weighted by Crippen LogP contribution is -2.34. The van der Waals surface area contributed by atoms with Gasteiger partial charge in [-0.15, -0.1) is 0 Å². The van der Waals surface area contributed by atoms with Gasteiger partial charge < -0.3 is 14.4 Å². The standard InChI is InChI=1S/C17H25NO3/c1-16(2)8-12-9-17(3,10-16)11-18(12)14-6-4-13(21-14)5-7-15(19)20/h4,6,12H,5,7-11H2,1-3H3,(H,19,20). The summed E-state index contributed by atoms with van der Waals surface area (Å²) in [5.74, 6) is 0.916. The smallest absolute Gasteiger partial charge is 0.303 e. The summed E-state index contributed by atoms with van der Waals surface area (Å²) in [6.07, 6.45) is 4.30. The second-order valence-electron chi connectivity index (χ2n) is 7.98. The first kappa shape index (κ1) is 14.5. The molecular weight excluding hydrogens is 266 g/mol. The van der Waals surface area contributed by atoms with Crippen LogP contribution in [0.5, 0.6) is 0 Å². The van der Waals surface area contributed by atoms with Crippen molar-refractivity contribution in [1.82, 2.24) is 0 Å². The quantitative estimate of drug-likeness (QED) is 0.919. The minimum atomic E-state index is -0.778. The summed E-state index contributed by atoms with van der Waals surface area (Å²) >= 11 is 0. The number of carbonyl (C=O) groups is 1. The van der Waals surface area contributed by atoms with Gasteiger partial charge in [0.15, 0.2) is 5.88 Å². The van der Waals surface area contributed by atoms with Gasteiger partial charge in [0.05, 0.1) is 6.42 Å². The molecule has 1 aromatic heterocycles. The molecule has 0 amide bonds. The minimum absolute atomic E-state index is 0.126. The van der Waals surface area contributed by atoms with E-state index in [2.05, 4.69) is 25.7 Å². The first-order valence-corrected chi connectivity index (χ1v) is 7.84. The second kappa shape index (κ2) is 4.79. The predicted octanol–water partition coefficient (Wildman–Crippen LogP) is 3.70.